The molecule has 0 amide bonds. The van der Waals surface area contributed by atoms with Gasteiger partial charge >= 0.3 is 5.97 Å². The largest absolute Gasteiger partial charge is 0.480 e. The monoisotopic (exact) mass is 217 g/mol. The van der Waals surface area contributed by atoms with Crippen LogP contribution >= 0.6 is 11.8 Å². The number of carboxylic acid groups (broad SMARTS) is 1. The Hall–Kier alpha value is -0.220. The first-order valence-electron chi connectivity index (χ1n) is 5.19. The van der Waals surface area contributed by atoms with Crippen LogP contribution in [0.25, 0.3) is 0 Å². The van der Waals surface area contributed by atoms with Gasteiger partial charge in [0.2, 0.25) is 0 Å². The number of hydrogen-bond acceptors (Lipinski definition) is 3. The first kappa shape index (κ1) is 11.9. The third kappa shape index (κ3) is 4.86. The summed E-state index contributed by atoms with van der Waals surface area (Å²) in [5, 5.41) is 8.72. The third-order valence-electron chi connectivity index (χ3n) is 2.45. The van der Waals surface area contributed by atoms with E-state index in [0.29, 0.717) is 6.04 Å². The lowest BCUT2D eigenvalue weighted by molar-refractivity contribution is -0.138. The van der Waals surface area contributed by atoms with Crippen molar-refractivity contribution in [3.05, 3.63) is 0 Å². The molecule has 3 nitrogen and oxygen atoms in total. The summed E-state index contributed by atoms with van der Waals surface area (Å²) in [6, 6.07) is 0.570. The Labute approximate surface area is 89.9 Å². The number of unbranched alkanes of at least 4 members (excludes halogenated alkanes) is 1. The second-order valence-corrected chi connectivity index (χ2v) is 4.78. The Morgan fingerprint density at radius 1 is 1.50 bits per heavy atom. The minimum Gasteiger partial charge on any atom is -0.480 e. The van der Waals surface area contributed by atoms with E-state index in [-0.39, 0.29) is 6.54 Å². The highest BCUT2D eigenvalue weighted by Gasteiger charge is 2.29. The zero-order valence-corrected chi connectivity index (χ0v) is 9.55. The van der Waals surface area contributed by atoms with E-state index in [1.807, 2.05) is 11.8 Å². The SMILES string of the molecule is CSCCCCN(CC(=O)O)C1CC1. The maximum Gasteiger partial charge on any atom is 0.317 e. The minimum absolute atomic E-state index is 0.226. The molecule has 0 atom stereocenters. The van der Waals surface area contributed by atoms with Gasteiger partial charge in [-0.15, -0.1) is 0 Å². The van der Waals surface area contributed by atoms with Gasteiger partial charge in [0.05, 0.1) is 6.54 Å². The van der Waals surface area contributed by atoms with Gasteiger partial charge in [-0.25, -0.2) is 0 Å². The molecule has 0 aromatic heterocycles. The first-order valence-corrected chi connectivity index (χ1v) is 6.58. The van der Waals surface area contributed by atoms with Crippen molar-refractivity contribution < 1.29 is 9.90 Å². The molecule has 0 bridgehead atoms. The molecule has 0 spiro atoms. The second-order valence-electron chi connectivity index (χ2n) is 3.80. The molecule has 1 saturated carbocycles. The van der Waals surface area contributed by atoms with Gasteiger partial charge in [-0.05, 0) is 44.2 Å². The van der Waals surface area contributed by atoms with E-state index >= 15 is 0 Å². The highest BCUT2D eigenvalue weighted by atomic mass is 32.2. The Morgan fingerprint density at radius 3 is 2.71 bits per heavy atom. The summed E-state index contributed by atoms with van der Waals surface area (Å²) in [4.78, 5) is 12.7. The van der Waals surface area contributed by atoms with Gasteiger partial charge in [0.15, 0.2) is 0 Å². The van der Waals surface area contributed by atoms with E-state index < -0.39 is 5.97 Å². The fraction of sp³-hybridized carbons (Fsp3) is 0.900. The summed E-state index contributed by atoms with van der Waals surface area (Å²) in [5.41, 5.74) is 0. The lowest BCUT2D eigenvalue weighted by atomic mass is 10.3. The van der Waals surface area contributed by atoms with Crippen LogP contribution in [0.4, 0.5) is 0 Å². The number of carbonyl (C=O) groups is 1. The van der Waals surface area contributed by atoms with Crippen molar-refractivity contribution in [2.24, 2.45) is 0 Å². The molecule has 1 N–H and O–H groups in total. The number of carboxylic acids is 1. The summed E-state index contributed by atoms with van der Waals surface area (Å²) in [6.45, 7) is 1.18. The number of rotatable bonds is 8. The van der Waals surface area contributed by atoms with Gasteiger partial charge < -0.3 is 5.11 Å². The minimum atomic E-state index is -0.693. The molecule has 14 heavy (non-hydrogen) atoms. The Balaban J connectivity index is 2.12. The normalized spacial score (nSPS) is 16.1. The van der Waals surface area contributed by atoms with Crippen LogP contribution in [0.15, 0.2) is 0 Å². The predicted octanol–water partition coefficient (Wildman–Crippen LogP) is 1.68. The number of thioether (sulfide) groups is 1. The molecule has 1 rings (SSSR count). The average Bonchev–Trinajstić information content (AvgIpc) is 2.92. The van der Waals surface area contributed by atoms with Crippen molar-refractivity contribution in [2.45, 2.75) is 31.7 Å². The van der Waals surface area contributed by atoms with Crippen molar-refractivity contribution in [2.75, 3.05) is 25.1 Å². The molecule has 0 aromatic carbocycles. The lowest BCUT2D eigenvalue weighted by Crippen LogP contribution is -2.32. The van der Waals surface area contributed by atoms with Crippen molar-refractivity contribution in [1.82, 2.24) is 4.90 Å². The number of nitrogens with zero attached hydrogens (tertiary/aromatic N) is 1. The van der Waals surface area contributed by atoms with Crippen LogP contribution in [0.2, 0.25) is 0 Å². The van der Waals surface area contributed by atoms with Crippen LogP contribution in [0.1, 0.15) is 25.7 Å². The van der Waals surface area contributed by atoms with Gasteiger partial charge in [0.1, 0.15) is 0 Å². The zero-order valence-electron chi connectivity index (χ0n) is 8.74. The summed E-state index contributed by atoms with van der Waals surface area (Å²) < 4.78 is 0. The smallest absolute Gasteiger partial charge is 0.317 e. The molecule has 0 aliphatic heterocycles. The van der Waals surface area contributed by atoms with Crippen LogP contribution in [0.3, 0.4) is 0 Å². The van der Waals surface area contributed by atoms with Crippen LogP contribution < -0.4 is 0 Å². The molecule has 1 fully saturated rings. The van der Waals surface area contributed by atoms with E-state index in [2.05, 4.69) is 11.2 Å². The van der Waals surface area contributed by atoms with Gasteiger partial charge in [0, 0.05) is 6.04 Å². The molecule has 0 aromatic rings. The summed E-state index contributed by atoms with van der Waals surface area (Å²) in [5.74, 6) is 0.493. The molecule has 82 valence electrons. The maximum absolute atomic E-state index is 10.6. The van der Waals surface area contributed by atoms with E-state index in [1.165, 1.54) is 25.0 Å². The van der Waals surface area contributed by atoms with Gasteiger partial charge in [-0.3, -0.25) is 9.69 Å². The molecule has 4 heteroatoms. The standard InChI is InChI=1S/C10H19NO2S/c1-14-7-3-2-6-11(8-10(12)13)9-4-5-9/h9H,2-8H2,1H3,(H,12,13). The molecule has 1 aliphatic rings. The molecular formula is C10H19NO2S. The molecule has 0 heterocycles. The second kappa shape index (κ2) is 6.30. The van der Waals surface area contributed by atoms with Gasteiger partial charge in [-0.1, -0.05) is 0 Å². The predicted molar refractivity (Wildman–Crippen MR) is 59.8 cm³/mol. The van der Waals surface area contributed by atoms with E-state index in [4.69, 9.17) is 5.11 Å². The van der Waals surface area contributed by atoms with Crippen LogP contribution in [-0.2, 0) is 4.79 Å². The third-order valence-corrected chi connectivity index (χ3v) is 3.14. The van der Waals surface area contributed by atoms with Crippen molar-refractivity contribution in [3.63, 3.8) is 0 Å². The molecule has 0 radical (unpaired) electrons. The maximum atomic E-state index is 10.6. The van der Waals surface area contributed by atoms with Crippen LogP contribution in [0.5, 0.6) is 0 Å². The number of aliphatic carboxylic acids is 1. The molecule has 0 saturated heterocycles. The number of hydrogen-bond donors (Lipinski definition) is 1. The summed E-state index contributed by atoms with van der Waals surface area (Å²) in [6.07, 6.45) is 6.82. The lowest BCUT2D eigenvalue weighted by Gasteiger charge is -2.19. The van der Waals surface area contributed by atoms with Crippen LogP contribution in [0, 0.1) is 0 Å². The summed E-state index contributed by atoms with van der Waals surface area (Å²) in [7, 11) is 0. The van der Waals surface area contributed by atoms with E-state index in [1.54, 1.807) is 0 Å². The average molecular weight is 217 g/mol. The molecule has 1 aliphatic carbocycles. The van der Waals surface area contributed by atoms with E-state index in [0.717, 1.165) is 13.0 Å². The zero-order chi connectivity index (χ0) is 10.4. The van der Waals surface area contributed by atoms with Crippen molar-refractivity contribution in [1.29, 1.82) is 0 Å². The highest BCUT2D eigenvalue weighted by molar-refractivity contribution is 7.98. The van der Waals surface area contributed by atoms with Gasteiger partial charge in [0.25, 0.3) is 0 Å². The highest BCUT2D eigenvalue weighted by Crippen LogP contribution is 2.26. The first-order chi connectivity index (χ1) is 6.74. The Kier molecular flexibility index (Phi) is 5.33. The van der Waals surface area contributed by atoms with E-state index in [9.17, 15) is 4.79 Å². The quantitative estimate of drug-likeness (QED) is 0.628. The summed E-state index contributed by atoms with van der Waals surface area (Å²) >= 11 is 1.86. The Morgan fingerprint density at radius 2 is 2.21 bits per heavy atom. The van der Waals surface area contributed by atoms with Crippen molar-refractivity contribution >= 4 is 17.7 Å². The fourth-order valence-electron chi connectivity index (χ4n) is 1.57. The Bertz CT molecular complexity index is 183. The van der Waals surface area contributed by atoms with Gasteiger partial charge in [-0.2, -0.15) is 11.8 Å². The molecule has 0 unspecified atom stereocenters. The molecular weight excluding hydrogens is 198 g/mol. The topological polar surface area (TPSA) is 40.5 Å². The fourth-order valence-corrected chi connectivity index (χ4v) is 2.06. The van der Waals surface area contributed by atoms with Crippen LogP contribution in [-0.4, -0.2) is 47.1 Å². The van der Waals surface area contributed by atoms with Crippen molar-refractivity contribution in [3.8, 4) is 0 Å².